The molecule has 0 fully saturated rings. The number of aryl methyl sites for hydroxylation is 1. The minimum atomic E-state index is 0.240. The van der Waals surface area contributed by atoms with Gasteiger partial charge in [0.1, 0.15) is 12.4 Å². The molecule has 33 heavy (non-hydrogen) atoms. The van der Waals surface area contributed by atoms with Gasteiger partial charge in [-0.2, -0.15) is 0 Å². The molecule has 1 heterocycles. The van der Waals surface area contributed by atoms with Gasteiger partial charge in [0.2, 0.25) is 0 Å². The number of methoxy groups -OCH3 is 1. The van der Waals surface area contributed by atoms with Crippen molar-refractivity contribution in [1.82, 2.24) is 15.3 Å². The van der Waals surface area contributed by atoms with Gasteiger partial charge in [0.25, 0.3) is 0 Å². The van der Waals surface area contributed by atoms with Crippen LogP contribution in [-0.2, 0) is 19.6 Å². The molecule has 0 spiro atoms. The first-order valence-corrected chi connectivity index (χ1v) is 12.2. The predicted molar refractivity (Wildman–Crippen MR) is 138 cm³/mol. The Kier molecular flexibility index (Phi) is 8.15. The van der Waals surface area contributed by atoms with Crippen LogP contribution in [0.2, 0.25) is 10.0 Å². The van der Waals surface area contributed by atoms with Crippen LogP contribution in [0.4, 0.5) is 0 Å². The number of para-hydroxylation sites is 2. The van der Waals surface area contributed by atoms with Gasteiger partial charge in [-0.05, 0) is 49.4 Å². The molecule has 172 valence electrons. The maximum absolute atomic E-state index is 6.31. The van der Waals surface area contributed by atoms with E-state index >= 15 is 0 Å². The Bertz CT molecular complexity index is 1190. The van der Waals surface area contributed by atoms with E-state index in [9.17, 15) is 0 Å². The van der Waals surface area contributed by atoms with Gasteiger partial charge in [0.05, 0.1) is 18.1 Å². The van der Waals surface area contributed by atoms with Gasteiger partial charge >= 0.3 is 0 Å². The molecule has 0 bridgehead atoms. The lowest BCUT2D eigenvalue weighted by Crippen LogP contribution is -2.17. The van der Waals surface area contributed by atoms with E-state index < -0.39 is 0 Å². The molecule has 0 atom stereocenters. The number of aromatic nitrogens is 2. The number of ether oxygens (including phenoxy) is 2. The maximum Gasteiger partial charge on any atom is 0.167 e. The summed E-state index contributed by atoms with van der Waals surface area (Å²) in [6.45, 7) is 1.68. The van der Waals surface area contributed by atoms with Crippen molar-refractivity contribution < 1.29 is 9.47 Å². The van der Waals surface area contributed by atoms with Gasteiger partial charge in [-0.3, -0.25) is 0 Å². The van der Waals surface area contributed by atoms with Crippen LogP contribution in [0.15, 0.2) is 59.1 Å². The number of nitrogens with one attached hydrogen (secondary N) is 2. The summed E-state index contributed by atoms with van der Waals surface area (Å²) >= 11 is 16.3. The Hall–Kier alpha value is -2.25. The normalized spacial score (nSPS) is 11.2. The quantitative estimate of drug-likeness (QED) is 0.211. The van der Waals surface area contributed by atoms with E-state index in [0.717, 1.165) is 51.8 Å². The van der Waals surface area contributed by atoms with Crippen LogP contribution in [0.1, 0.15) is 23.4 Å². The van der Waals surface area contributed by atoms with Crippen LogP contribution >= 0.6 is 39.1 Å². The van der Waals surface area contributed by atoms with E-state index in [2.05, 4.69) is 31.2 Å². The molecule has 0 radical (unpaired) electrons. The average molecular weight is 549 g/mol. The Morgan fingerprint density at radius 1 is 1.00 bits per heavy atom. The predicted octanol–water partition coefficient (Wildman–Crippen LogP) is 6.94. The molecular weight excluding hydrogens is 525 g/mol. The van der Waals surface area contributed by atoms with Crippen molar-refractivity contribution in [3.8, 4) is 11.5 Å². The molecule has 0 aliphatic carbocycles. The van der Waals surface area contributed by atoms with Crippen molar-refractivity contribution >= 4 is 50.2 Å². The second kappa shape index (κ2) is 11.3. The van der Waals surface area contributed by atoms with Gasteiger partial charge in [0, 0.05) is 38.6 Å². The summed E-state index contributed by atoms with van der Waals surface area (Å²) in [7, 11) is 1.63. The van der Waals surface area contributed by atoms with Gasteiger partial charge < -0.3 is 19.8 Å². The highest BCUT2D eigenvalue weighted by atomic mass is 79.9. The summed E-state index contributed by atoms with van der Waals surface area (Å²) in [5.74, 6) is 2.31. The van der Waals surface area contributed by atoms with Gasteiger partial charge in [-0.1, -0.05) is 57.3 Å². The zero-order chi connectivity index (χ0) is 23.2. The van der Waals surface area contributed by atoms with Gasteiger partial charge in [-0.25, -0.2) is 4.98 Å². The number of benzene rings is 3. The van der Waals surface area contributed by atoms with Crippen molar-refractivity contribution in [2.75, 3.05) is 13.7 Å². The van der Waals surface area contributed by atoms with Crippen molar-refractivity contribution in [2.24, 2.45) is 0 Å². The molecule has 0 aliphatic rings. The molecule has 0 amide bonds. The van der Waals surface area contributed by atoms with E-state index in [4.69, 9.17) is 32.7 Å². The zero-order valence-electron chi connectivity index (χ0n) is 18.1. The molecule has 4 rings (SSSR count). The second-order valence-corrected chi connectivity index (χ2v) is 9.20. The van der Waals surface area contributed by atoms with E-state index in [-0.39, 0.29) is 6.61 Å². The topological polar surface area (TPSA) is 59.2 Å². The Morgan fingerprint density at radius 3 is 2.55 bits per heavy atom. The molecule has 0 unspecified atom stereocenters. The van der Waals surface area contributed by atoms with Crippen molar-refractivity contribution in [3.05, 3.63) is 86.1 Å². The van der Waals surface area contributed by atoms with Crippen molar-refractivity contribution in [3.63, 3.8) is 0 Å². The lowest BCUT2D eigenvalue weighted by molar-refractivity contribution is 0.280. The first-order valence-electron chi connectivity index (χ1n) is 10.6. The molecular formula is C25H24BrCl2N3O2. The number of nitrogens with zero attached hydrogens (tertiary/aromatic N) is 1. The number of H-pyrrole nitrogens is 1. The lowest BCUT2D eigenvalue weighted by atomic mass is 10.1. The monoisotopic (exact) mass is 547 g/mol. The van der Waals surface area contributed by atoms with E-state index in [1.54, 1.807) is 19.2 Å². The Morgan fingerprint density at radius 2 is 1.79 bits per heavy atom. The van der Waals surface area contributed by atoms with Gasteiger partial charge in [0.15, 0.2) is 11.5 Å². The first-order chi connectivity index (χ1) is 16.1. The summed E-state index contributed by atoms with van der Waals surface area (Å²) in [5.41, 5.74) is 3.79. The third-order valence-electron chi connectivity index (χ3n) is 5.32. The summed E-state index contributed by atoms with van der Waals surface area (Å²) in [6.07, 6.45) is 1.82. The Labute approximate surface area is 211 Å². The summed E-state index contributed by atoms with van der Waals surface area (Å²) in [4.78, 5) is 8.01. The molecule has 8 heteroatoms. The number of hydrogen-bond donors (Lipinski definition) is 2. The highest BCUT2D eigenvalue weighted by molar-refractivity contribution is 9.10. The van der Waals surface area contributed by atoms with Crippen LogP contribution in [0.5, 0.6) is 11.5 Å². The fraction of sp³-hybridized carbons (Fsp3) is 0.240. The molecule has 3 aromatic carbocycles. The summed E-state index contributed by atoms with van der Waals surface area (Å²) in [5, 5.41) is 4.64. The van der Waals surface area contributed by atoms with E-state index in [0.29, 0.717) is 28.1 Å². The lowest BCUT2D eigenvalue weighted by Gasteiger charge is -2.18. The number of fused-ring (bicyclic) bond motifs is 1. The third-order valence-corrected chi connectivity index (χ3v) is 6.77. The number of aromatic amines is 1. The SMILES string of the molecule is COc1ccc(Br)c(CNCCCc2nc3ccccc3[nH]2)c1OCc1c(Cl)cccc1Cl. The largest absolute Gasteiger partial charge is 0.493 e. The first kappa shape index (κ1) is 23.9. The second-order valence-electron chi connectivity index (χ2n) is 7.53. The maximum atomic E-state index is 6.31. The molecule has 2 N–H and O–H groups in total. The van der Waals surface area contributed by atoms with E-state index in [1.807, 2.05) is 42.5 Å². The fourth-order valence-electron chi connectivity index (χ4n) is 3.60. The third kappa shape index (κ3) is 5.82. The number of halogens is 3. The highest BCUT2D eigenvalue weighted by Gasteiger charge is 2.16. The smallest absolute Gasteiger partial charge is 0.167 e. The number of hydrogen-bond acceptors (Lipinski definition) is 4. The summed E-state index contributed by atoms with van der Waals surface area (Å²) in [6, 6.07) is 17.3. The standard InChI is InChI=1S/C25H24BrCl2N3O2/c1-32-23-12-11-18(26)16(25(23)33-15-17-19(27)6-4-7-20(17)28)14-29-13-5-10-24-30-21-8-2-3-9-22(21)31-24/h2-4,6-9,11-12,29H,5,10,13-15H2,1H3,(H,30,31). The molecule has 5 nitrogen and oxygen atoms in total. The molecule has 0 aliphatic heterocycles. The fourth-order valence-corrected chi connectivity index (χ4v) is 4.56. The van der Waals surface area contributed by atoms with Crippen LogP contribution in [0.25, 0.3) is 11.0 Å². The van der Waals surface area contributed by atoms with Crippen LogP contribution in [0, 0.1) is 0 Å². The minimum Gasteiger partial charge on any atom is -0.493 e. The highest BCUT2D eigenvalue weighted by Crippen LogP contribution is 2.37. The zero-order valence-corrected chi connectivity index (χ0v) is 21.2. The van der Waals surface area contributed by atoms with Crippen LogP contribution < -0.4 is 14.8 Å². The van der Waals surface area contributed by atoms with Crippen molar-refractivity contribution in [1.29, 1.82) is 0 Å². The molecule has 0 saturated carbocycles. The Balaban J connectivity index is 1.39. The summed E-state index contributed by atoms with van der Waals surface area (Å²) < 4.78 is 12.7. The molecule has 0 saturated heterocycles. The van der Waals surface area contributed by atoms with Crippen molar-refractivity contribution in [2.45, 2.75) is 26.0 Å². The average Bonchev–Trinajstić information content (AvgIpc) is 3.23. The van der Waals surface area contributed by atoms with Crippen LogP contribution in [0.3, 0.4) is 0 Å². The molecule has 4 aromatic rings. The van der Waals surface area contributed by atoms with E-state index in [1.165, 1.54) is 0 Å². The van der Waals surface area contributed by atoms with Crippen LogP contribution in [-0.4, -0.2) is 23.6 Å². The number of imidazole rings is 1. The number of rotatable bonds is 10. The molecule has 1 aromatic heterocycles. The minimum absolute atomic E-state index is 0.240. The van der Waals surface area contributed by atoms with Gasteiger partial charge in [-0.15, -0.1) is 0 Å².